The first-order valence-corrected chi connectivity index (χ1v) is 4.05. The van der Waals surface area contributed by atoms with Gasteiger partial charge in [-0.3, -0.25) is 0 Å². The van der Waals surface area contributed by atoms with Crippen LogP contribution in [0.2, 0.25) is 0 Å². The Kier molecular flexibility index (Phi) is 2.49. The van der Waals surface area contributed by atoms with Gasteiger partial charge in [0.15, 0.2) is 0 Å². The highest BCUT2D eigenvalue weighted by Gasteiger charge is 2.13. The zero-order valence-electron chi connectivity index (χ0n) is 5.47. The molecular formula is C7H8BrO2-. The number of carbonyl (C=O) groups excluding carboxylic acids is 1. The summed E-state index contributed by atoms with van der Waals surface area (Å²) >= 11 is 3.31. The number of rotatable bonds is 1. The van der Waals surface area contributed by atoms with E-state index < -0.39 is 5.97 Å². The monoisotopic (exact) mass is 203 g/mol. The SMILES string of the molecule is O=C([O-])[C@H]1CC=C(Br)CC1. The van der Waals surface area contributed by atoms with Gasteiger partial charge in [-0.05, 0) is 23.7 Å². The second-order valence-corrected chi connectivity index (χ2v) is 3.46. The molecule has 2 nitrogen and oxygen atoms in total. The Hall–Kier alpha value is -0.310. The van der Waals surface area contributed by atoms with Gasteiger partial charge >= 0.3 is 0 Å². The molecule has 0 fully saturated rings. The Morgan fingerprint density at radius 1 is 1.80 bits per heavy atom. The Labute approximate surface area is 68.1 Å². The predicted molar refractivity (Wildman–Crippen MR) is 39.4 cm³/mol. The van der Waals surface area contributed by atoms with Crippen LogP contribution in [0.1, 0.15) is 19.3 Å². The molecule has 3 heteroatoms. The van der Waals surface area contributed by atoms with E-state index >= 15 is 0 Å². The van der Waals surface area contributed by atoms with Gasteiger partial charge < -0.3 is 9.90 Å². The average Bonchev–Trinajstić information content (AvgIpc) is 1.88. The van der Waals surface area contributed by atoms with Crippen molar-refractivity contribution in [3.05, 3.63) is 10.6 Å². The molecule has 0 aromatic heterocycles. The lowest BCUT2D eigenvalue weighted by Crippen LogP contribution is -2.31. The first kappa shape index (κ1) is 7.79. The van der Waals surface area contributed by atoms with Gasteiger partial charge in [0.05, 0.1) is 0 Å². The highest BCUT2D eigenvalue weighted by molar-refractivity contribution is 9.11. The van der Waals surface area contributed by atoms with Crippen LogP contribution in [0.5, 0.6) is 0 Å². The first-order valence-electron chi connectivity index (χ1n) is 3.25. The van der Waals surface area contributed by atoms with E-state index in [1.807, 2.05) is 6.08 Å². The first-order chi connectivity index (χ1) is 4.70. The van der Waals surface area contributed by atoms with E-state index in [0.717, 1.165) is 10.9 Å². The molecule has 0 N–H and O–H groups in total. The number of hydrogen-bond donors (Lipinski definition) is 0. The quantitative estimate of drug-likeness (QED) is 0.634. The molecule has 0 amide bonds. The molecule has 0 spiro atoms. The van der Waals surface area contributed by atoms with Crippen LogP contribution >= 0.6 is 15.9 Å². The van der Waals surface area contributed by atoms with Crippen LogP contribution in [0, 0.1) is 5.92 Å². The zero-order valence-corrected chi connectivity index (χ0v) is 7.06. The molecule has 0 aromatic carbocycles. The molecule has 1 aliphatic carbocycles. The van der Waals surface area contributed by atoms with Crippen LogP contribution in [0.4, 0.5) is 0 Å². The molecule has 0 aliphatic heterocycles. The highest BCUT2D eigenvalue weighted by Crippen LogP contribution is 2.26. The second-order valence-electron chi connectivity index (χ2n) is 2.44. The van der Waals surface area contributed by atoms with Crippen molar-refractivity contribution in [1.82, 2.24) is 0 Å². The topological polar surface area (TPSA) is 40.1 Å². The Balaban J connectivity index is 2.50. The van der Waals surface area contributed by atoms with Crippen molar-refractivity contribution in [3.8, 4) is 0 Å². The minimum absolute atomic E-state index is 0.263. The minimum atomic E-state index is -0.920. The lowest BCUT2D eigenvalue weighted by molar-refractivity contribution is -0.311. The van der Waals surface area contributed by atoms with Gasteiger partial charge in [0.2, 0.25) is 0 Å². The maximum atomic E-state index is 10.3. The van der Waals surface area contributed by atoms with E-state index in [1.54, 1.807) is 0 Å². The van der Waals surface area contributed by atoms with Crippen LogP contribution in [0.15, 0.2) is 10.6 Å². The molecule has 0 bridgehead atoms. The summed E-state index contributed by atoms with van der Waals surface area (Å²) in [7, 11) is 0. The van der Waals surface area contributed by atoms with Gasteiger partial charge in [0.1, 0.15) is 0 Å². The fourth-order valence-corrected chi connectivity index (χ4v) is 1.43. The molecular weight excluding hydrogens is 196 g/mol. The van der Waals surface area contributed by atoms with E-state index in [2.05, 4.69) is 15.9 Å². The van der Waals surface area contributed by atoms with Gasteiger partial charge in [-0.1, -0.05) is 22.0 Å². The zero-order chi connectivity index (χ0) is 7.56. The summed E-state index contributed by atoms with van der Waals surface area (Å²) in [5.74, 6) is -1.18. The maximum Gasteiger partial charge on any atom is 0.0448 e. The number of aliphatic carboxylic acids is 1. The number of allylic oxidation sites excluding steroid dienone is 2. The number of carbonyl (C=O) groups is 1. The minimum Gasteiger partial charge on any atom is -0.550 e. The number of carboxylic acids is 1. The lowest BCUT2D eigenvalue weighted by atomic mass is 9.95. The second kappa shape index (κ2) is 3.19. The molecule has 0 radical (unpaired) electrons. The number of carboxylic acid groups (broad SMARTS) is 1. The molecule has 56 valence electrons. The number of hydrogen-bond acceptors (Lipinski definition) is 2. The molecule has 0 unspecified atom stereocenters. The Morgan fingerprint density at radius 3 is 2.90 bits per heavy atom. The molecule has 1 rings (SSSR count). The predicted octanol–water partition coefficient (Wildman–Crippen LogP) is 0.815. The van der Waals surface area contributed by atoms with Crippen LogP contribution in [0.25, 0.3) is 0 Å². The average molecular weight is 204 g/mol. The molecule has 0 heterocycles. The number of halogens is 1. The standard InChI is InChI=1S/C7H9BrO2/c8-6-3-1-5(2-4-6)7(9)10/h3,5H,1-2,4H2,(H,9,10)/p-1/t5-/m0/s1. The molecule has 1 atom stereocenters. The van der Waals surface area contributed by atoms with Crippen molar-refractivity contribution < 1.29 is 9.90 Å². The fraction of sp³-hybridized carbons (Fsp3) is 0.571. The lowest BCUT2D eigenvalue weighted by Gasteiger charge is -2.19. The Bertz CT molecular complexity index is 174. The van der Waals surface area contributed by atoms with Crippen LogP contribution in [-0.4, -0.2) is 5.97 Å². The Morgan fingerprint density at radius 2 is 2.50 bits per heavy atom. The van der Waals surface area contributed by atoms with Crippen molar-refractivity contribution >= 4 is 21.9 Å². The van der Waals surface area contributed by atoms with Crippen LogP contribution in [-0.2, 0) is 4.79 Å². The summed E-state index contributed by atoms with van der Waals surface area (Å²) in [6.07, 6.45) is 4.06. The van der Waals surface area contributed by atoms with Crippen molar-refractivity contribution in [2.45, 2.75) is 19.3 Å². The maximum absolute atomic E-state index is 10.3. The van der Waals surface area contributed by atoms with Crippen molar-refractivity contribution in [2.24, 2.45) is 5.92 Å². The van der Waals surface area contributed by atoms with E-state index in [9.17, 15) is 9.90 Å². The van der Waals surface area contributed by atoms with Gasteiger partial charge in [0.25, 0.3) is 0 Å². The van der Waals surface area contributed by atoms with Crippen molar-refractivity contribution in [2.75, 3.05) is 0 Å². The van der Waals surface area contributed by atoms with E-state index in [0.29, 0.717) is 12.8 Å². The third kappa shape index (κ3) is 1.84. The largest absolute Gasteiger partial charge is 0.550 e. The molecule has 1 aliphatic rings. The fourth-order valence-electron chi connectivity index (χ4n) is 1.02. The van der Waals surface area contributed by atoms with Gasteiger partial charge in [0, 0.05) is 11.9 Å². The summed E-state index contributed by atoms with van der Waals surface area (Å²) in [6.45, 7) is 0. The normalized spacial score (nSPS) is 25.7. The van der Waals surface area contributed by atoms with Crippen LogP contribution in [0.3, 0.4) is 0 Å². The smallest absolute Gasteiger partial charge is 0.0448 e. The molecule has 0 saturated carbocycles. The summed E-state index contributed by atoms with van der Waals surface area (Å²) < 4.78 is 1.12. The summed E-state index contributed by atoms with van der Waals surface area (Å²) in [5, 5.41) is 10.3. The summed E-state index contributed by atoms with van der Waals surface area (Å²) in [6, 6.07) is 0. The van der Waals surface area contributed by atoms with E-state index in [4.69, 9.17) is 0 Å². The van der Waals surface area contributed by atoms with Gasteiger partial charge in [-0.2, -0.15) is 0 Å². The van der Waals surface area contributed by atoms with Gasteiger partial charge in [-0.25, -0.2) is 0 Å². The summed E-state index contributed by atoms with van der Waals surface area (Å²) in [4.78, 5) is 10.3. The van der Waals surface area contributed by atoms with E-state index in [1.165, 1.54) is 0 Å². The molecule has 0 aromatic rings. The van der Waals surface area contributed by atoms with Crippen molar-refractivity contribution in [1.29, 1.82) is 0 Å². The van der Waals surface area contributed by atoms with Crippen LogP contribution < -0.4 is 5.11 Å². The summed E-state index contributed by atoms with van der Waals surface area (Å²) in [5.41, 5.74) is 0. The third-order valence-corrected chi connectivity index (χ3v) is 2.41. The van der Waals surface area contributed by atoms with Gasteiger partial charge in [-0.15, -0.1) is 0 Å². The van der Waals surface area contributed by atoms with E-state index in [-0.39, 0.29) is 5.92 Å². The highest BCUT2D eigenvalue weighted by atomic mass is 79.9. The third-order valence-electron chi connectivity index (χ3n) is 1.69. The van der Waals surface area contributed by atoms with Crippen molar-refractivity contribution in [3.63, 3.8) is 0 Å². The molecule has 0 saturated heterocycles. The molecule has 10 heavy (non-hydrogen) atoms.